The Morgan fingerprint density at radius 1 is 0.926 bits per heavy atom. The second-order valence-electron chi connectivity index (χ2n) is 7.66. The first-order valence-corrected chi connectivity index (χ1v) is 11.3. The zero-order valence-electron chi connectivity index (χ0n) is 15.4. The van der Waals surface area contributed by atoms with Crippen LogP contribution in [0, 0.1) is 0 Å². The van der Waals surface area contributed by atoms with Gasteiger partial charge in [-0.15, -0.1) is 0 Å². The highest BCUT2D eigenvalue weighted by molar-refractivity contribution is 7.92. The number of rotatable bonds is 5. The van der Waals surface area contributed by atoms with Crippen molar-refractivity contribution in [1.29, 1.82) is 0 Å². The van der Waals surface area contributed by atoms with Gasteiger partial charge in [0.25, 0.3) is 0 Å². The lowest BCUT2D eigenvalue weighted by atomic mass is 10.0. The van der Waals surface area contributed by atoms with Crippen molar-refractivity contribution in [2.75, 3.05) is 5.32 Å². The van der Waals surface area contributed by atoms with Gasteiger partial charge in [-0.2, -0.15) is 0 Å². The summed E-state index contributed by atoms with van der Waals surface area (Å²) in [6.45, 7) is 0. The third kappa shape index (κ3) is 3.93. The summed E-state index contributed by atoms with van der Waals surface area (Å²) < 4.78 is 25.2. The predicted octanol–water partition coefficient (Wildman–Crippen LogP) is 4.07. The zero-order valence-corrected chi connectivity index (χ0v) is 16.2. The van der Waals surface area contributed by atoms with Crippen LogP contribution in [0.25, 0.3) is 0 Å². The average Bonchev–Trinajstić information content (AvgIpc) is 3.34. The van der Waals surface area contributed by atoms with Gasteiger partial charge in [0.05, 0.1) is 16.6 Å². The topological polar surface area (TPSA) is 63.2 Å². The van der Waals surface area contributed by atoms with Crippen LogP contribution in [0.5, 0.6) is 0 Å². The van der Waals surface area contributed by atoms with Gasteiger partial charge in [-0.1, -0.05) is 31.0 Å². The number of carbonyl (C=O) groups excluding carboxylic acids is 1. The second kappa shape index (κ2) is 7.47. The lowest BCUT2D eigenvalue weighted by Crippen LogP contribution is -2.18. The van der Waals surface area contributed by atoms with Crippen molar-refractivity contribution in [2.45, 2.75) is 61.5 Å². The van der Waals surface area contributed by atoms with Gasteiger partial charge < -0.3 is 5.32 Å². The van der Waals surface area contributed by atoms with E-state index in [9.17, 15) is 13.2 Å². The van der Waals surface area contributed by atoms with E-state index < -0.39 is 9.84 Å². The molecule has 0 aliphatic heterocycles. The normalized spacial score (nSPS) is 17.0. The molecule has 0 unspecified atom stereocenters. The van der Waals surface area contributed by atoms with Crippen LogP contribution in [0.3, 0.4) is 0 Å². The number of sulfone groups is 1. The Bertz CT molecular complexity index is 942. The largest absolute Gasteiger partial charge is 0.326 e. The molecule has 0 spiro atoms. The molecule has 4 rings (SSSR count). The molecule has 0 heterocycles. The molecule has 4 nitrogen and oxygen atoms in total. The Kier molecular flexibility index (Phi) is 5.04. The lowest BCUT2D eigenvalue weighted by molar-refractivity contribution is -0.115. The molecule has 1 amide bonds. The van der Waals surface area contributed by atoms with Crippen LogP contribution >= 0.6 is 0 Å². The third-order valence-corrected chi connectivity index (χ3v) is 8.01. The van der Waals surface area contributed by atoms with Crippen molar-refractivity contribution in [2.24, 2.45) is 0 Å². The summed E-state index contributed by atoms with van der Waals surface area (Å²) in [6.07, 6.45) is 7.24. The number of fused-ring (bicyclic) bond motifs is 1. The Labute approximate surface area is 160 Å². The molecule has 142 valence electrons. The molecular weight excluding hydrogens is 358 g/mol. The van der Waals surface area contributed by atoms with Gasteiger partial charge in [-0.3, -0.25) is 4.79 Å². The van der Waals surface area contributed by atoms with E-state index in [1.165, 1.54) is 17.5 Å². The van der Waals surface area contributed by atoms with Crippen molar-refractivity contribution >= 4 is 21.4 Å². The van der Waals surface area contributed by atoms with Crippen molar-refractivity contribution in [1.82, 2.24) is 0 Å². The van der Waals surface area contributed by atoms with Gasteiger partial charge >= 0.3 is 0 Å². The maximum absolute atomic E-state index is 12.6. The van der Waals surface area contributed by atoms with Crippen LogP contribution in [0.4, 0.5) is 5.69 Å². The second-order valence-corrected chi connectivity index (χ2v) is 9.89. The van der Waals surface area contributed by atoms with Gasteiger partial charge in [0, 0.05) is 5.69 Å². The molecule has 27 heavy (non-hydrogen) atoms. The predicted molar refractivity (Wildman–Crippen MR) is 107 cm³/mol. The molecule has 0 aromatic heterocycles. The van der Waals surface area contributed by atoms with E-state index in [4.69, 9.17) is 0 Å². The Hall–Kier alpha value is -2.14. The molecule has 0 bridgehead atoms. The summed E-state index contributed by atoms with van der Waals surface area (Å²) in [5, 5.41) is 2.62. The molecule has 5 heteroatoms. The average molecular weight is 384 g/mol. The maximum Gasteiger partial charge on any atom is 0.228 e. The minimum absolute atomic E-state index is 0.0839. The molecule has 0 atom stereocenters. The SMILES string of the molecule is O=C(Cc1ccc2c(c1)CCC2)Nc1ccc(S(=O)(=O)C2CCCC2)cc1. The van der Waals surface area contributed by atoms with E-state index in [1.807, 2.05) is 6.07 Å². The first kappa shape index (κ1) is 18.2. The molecule has 0 radical (unpaired) electrons. The molecule has 0 saturated heterocycles. The highest BCUT2D eigenvalue weighted by Gasteiger charge is 2.30. The van der Waals surface area contributed by atoms with Crippen LogP contribution in [0.1, 0.15) is 48.8 Å². The van der Waals surface area contributed by atoms with Crippen molar-refractivity contribution < 1.29 is 13.2 Å². The lowest BCUT2D eigenvalue weighted by Gasteiger charge is -2.12. The fraction of sp³-hybridized carbons (Fsp3) is 0.409. The molecule has 2 aromatic rings. The molecule has 1 fully saturated rings. The van der Waals surface area contributed by atoms with Gasteiger partial charge in [0.15, 0.2) is 9.84 Å². The minimum Gasteiger partial charge on any atom is -0.326 e. The van der Waals surface area contributed by atoms with Gasteiger partial charge in [0.1, 0.15) is 0 Å². The molecule has 1 N–H and O–H groups in total. The molecule has 2 aromatic carbocycles. The number of amides is 1. The highest BCUT2D eigenvalue weighted by Crippen LogP contribution is 2.30. The van der Waals surface area contributed by atoms with E-state index >= 15 is 0 Å². The quantitative estimate of drug-likeness (QED) is 0.846. The monoisotopic (exact) mass is 383 g/mol. The number of carbonyl (C=O) groups is 1. The molecule has 2 aliphatic rings. The Balaban J connectivity index is 1.40. The number of hydrogen-bond acceptors (Lipinski definition) is 3. The smallest absolute Gasteiger partial charge is 0.228 e. The van der Waals surface area contributed by atoms with Crippen LogP contribution in [-0.2, 0) is 33.9 Å². The van der Waals surface area contributed by atoms with Crippen LogP contribution in [-0.4, -0.2) is 19.6 Å². The maximum atomic E-state index is 12.6. The molecule has 1 saturated carbocycles. The summed E-state index contributed by atoms with van der Waals surface area (Å²) in [5.74, 6) is -0.0839. The minimum atomic E-state index is -3.25. The van der Waals surface area contributed by atoms with Crippen molar-refractivity contribution in [3.05, 3.63) is 59.2 Å². The number of hydrogen-bond donors (Lipinski definition) is 1. The van der Waals surface area contributed by atoms with Crippen molar-refractivity contribution in [3.63, 3.8) is 0 Å². The molecular formula is C22H25NO3S. The summed E-state index contributed by atoms with van der Waals surface area (Å²) in [7, 11) is -3.25. The number of anilines is 1. The highest BCUT2D eigenvalue weighted by atomic mass is 32.2. The van der Waals surface area contributed by atoms with Gasteiger partial charge in [0.2, 0.25) is 5.91 Å². The fourth-order valence-electron chi connectivity index (χ4n) is 4.24. The van der Waals surface area contributed by atoms with E-state index in [0.717, 1.165) is 44.1 Å². The fourth-order valence-corrected chi connectivity index (χ4v) is 6.10. The van der Waals surface area contributed by atoms with E-state index in [2.05, 4.69) is 17.4 Å². The first-order valence-electron chi connectivity index (χ1n) is 9.77. The molecule has 2 aliphatic carbocycles. The zero-order chi connectivity index (χ0) is 18.9. The summed E-state index contributed by atoms with van der Waals surface area (Å²) >= 11 is 0. The van der Waals surface area contributed by atoms with Crippen LogP contribution in [0.2, 0.25) is 0 Å². The Morgan fingerprint density at radius 2 is 1.63 bits per heavy atom. The number of aryl methyl sites for hydroxylation is 2. The van der Waals surface area contributed by atoms with Crippen LogP contribution < -0.4 is 5.32 Å². The first-order chi connectivity index (χ1) is 13.0. The number of nitrogens with one attached hydrogen (secondary N) is 1. The van der Waals surface area contributed by atoms with Gasteiger partial charge in [-0.05, 0) is 73.1 Å². The summed E-state index contributed by atoms with van der Waals surface area (Å²) in [6, 6.07) is 12.9. The van der Waals surface area contributed by atoms with E-state index in [0.29, 0.717) is 17.0 Å². The summed E-state index contributed by atoms with van der Waals surface area (Å²) in [4.78, 5) is 12.7. The van der Waals surface area contributed by atoms with Gasteiger partial charge in [-0.25, -0.2) is 8.42 Å². The summed E-state index contributed by atoms with van der Waals surface area (Å²) in [5.41, 5.74) is 4.42. The van der Waals surface area contributed by atoms with Crippen LogP contribution in [0.15, 0.2) is 47.4 Å². The third-order valence-electron chi connectivity index (χ3n) is 5.74. The Morgan fingerprint density at radius 3 is 2.37 bits per heavy atom. The van der Waals surface area contributed by atoms with E-state index in [-0.39, 0.29) is 11.2 Å². The standard InChI is InChI=1S/C22H25NO3S/c24-22(15-16-8-9-17-4-3-5-18(17)14-16)23-19-10-12-21(13-11-19)27(25,26)20-6-1-2-7-20/h8-14,20H,1-7,15H2,(H,23,24). The van der Waals surface area contributed by atoms with E-state index in [1.54, 1.807) is 24.3 Å². The number of benzene rings is 2. The van der Waals surface area contributed by atoms with Crippen molar-refractivity contribution in [3.8, 4) is 0 Å².